The van der Waals surface area contributed by atoms with Gasteiger partial charge in [0.25, 0.3) is 0 Å². The molecule has 1 N–H and O–H groups in total. The van der Waals surface area contributed by atoms with E-state index in [1.165, 1.54) is 12.1 Å². The van der Waals surface area contributed by atoms with Gasteiger partial charge in [-0.25, -0.2) is 4.39 Å². The fraction of sp³-hybridized carbons (Fsp3) is 0.286. The van der Waals surface area contributed by atoms with Crippen LogP contribution in [0.1, 0.15) is 18.4 Å². The molecule has 4 rings (SSSR count). The molecule has 0 saturated carbocycles. The first-order valence-electron chi connectivity index (χ1n) is 11.7. The predicted octanol–water partition coefficient (Wildman–Crippen LogP) is 4.47. The lowest BCUT2D eigenvalue weighted by molar-refractivity contribution is -0.135. The van der Waals surface area contributed by atoms with E-state index in [9.17, 15) is 14.0 Å². The summed E-state index contributed by atoms with van der Waals surface area (Å²) in [5, 5.41) is 2.95. The molecule has 34 heavy (non-hydrogen) atoms. The van der Waals surface area contributed by atoms with Crippen LogP contribution >= 0.6 is 0 Å². The average Bonchev–Trinajstić information content (AvgIpc) is 2.88. The molecule has 0 bridgehead atoms. The highest BCUT2D eigenvalue weighted by molar-refractivity contribution is 5.82. The van der Waals surface area contributed by atoms with Crippen LogP contribution in [-0.2, 0) is 16.0 Å². The van der Waals surface area contributed by atoms with Crippen molar-refractivity contribution in [3.8, 4) is 16.9 Å². The molecular formula is C28H29FN2O3. The number of carbonyl (C=O) groups excluding carboxylic acids is 2. The Morgan fingerprint density at radius 1 is 0.971 bits per heavy atom. The predicted molar refractivity (Wildman–Crippen MR) is 130 cm³/mol. The molecule has 3 aromatic rings. The lowest BCUT2D eigenvalue weighted by Crippen LogP contribution is -2.46. The van der Waals surface area contributed by atoms with Crippen molar-refractivity contribution in [1.82, 2.24) is 10.2 Å². The Labute approximate surface area is 199 Å². The van der Waals surface area contributed by atoms with Crippen molar-refractivity contribution >= 4 is 11.8 Å². The highest BCUT2D eigenvalue weighted by atomic mass is 19.1. The van der Waals surface area contributed by atoms with Gasteiger partial charge in [0, 0.05) is 18.7 Å². The second kappa shape index (κ2) is 11.5. The molecule has 1 saturated heterocycles. The largest absolute Gasteiger partial charge is 0.491 e. The smallest absolute Gasteiger partial charge is 0.227 e. The summed E-state index contributed by atoms with van der Waals surface area (Å²) in [6.07, 6.45) is 1.75. The lowest BCUT2D eigenvalue weighted by atomic mass is 9.96. The fourth-order valence-electron chi connectivity index (χ4n) is 4.23. The normalized spacial score (nSPS) is 15.6. The number of nitrogens with one attached hydrogen (secondary N) is 1. The van der Waals surface area contributed by atoms with E-state index in [2.05, 4.69) is 5.32 Å². The molecule has 1 atom stereocenters. The van der Waals surface area contributed by atoms with Crippen LogP contribution in [0.2, 0.25) is 0 Å². The summed E-state index contributed by atoms with van der Waals surface area (Å²) in [7, 11) is 0. The number of likely N-dealkylation sites (tertiary alicyclic amines) is 1. The minimum Gasteiger partial charge on any atom is -0.491 e. The van der Waals surface area contributed by atoms with E-state index in [0.29, 0.717) is 26.2 Å². The molecule has 1 heterocycles. The van der Waals surface area contributed by atoms with Crippen molar-refractivity contribution in [3.63, 3.8) is 0 Å². The molecule has 176 valence electrons. The maximum absolute atomic E-state index is 13.1. The van der Waals surface area contributed by atoms with Crippen LogP contribution in [0.5, 0.6) is 5.75 Å². The Kier molecular flexibility index (Phi) is 7.91. The molecule has 3 aromatic carbocycles. The van der Waals surface area contributed by atoms with Crippen molar-refractivity contribution < 1.29 is 18.7 Å². The van der Waals surface area contributed by atoms with Gasteiger partial charge < -0.3 is 15.0 Å². The van der Waals surface area contributed by atoms with E-state index in [0.717, 1.165) is 35.3 Å². The second-order valence-corrected chi connectivity index (χ2v) is 8.48. The number of amides is 2. The molecule has 0 aromatic heterocycles. The van der Waals surface area contributed by atoms with Crippen molar-refractivity contribution in [2.24, 2.45) is 5.92 Å². The van der Waals surface area contributed by atoms with E-state index < -0.39 is 0 Å². The summed E-state index contributed by atoms with van der Waals surface area (Å²) in [6.45, 7) is 1.80. The highest BCUT2D eigenvalue weighted by Crippen LogP contribution is 2.29. The van der Waals surface area contributed by atoms with E-state index >= 15 is 0 Å². The van der Waals surface area contributed by atoms with Gasteiger partial charge in [0.15, 0.2) is 0 Å². The van der Waals surface area contributed by atoms with Gasteiger partial charge in [-0.3, -0.25) is 9.59 Å². The number of ether oxygens (including phenoxy) is 1. The standard InChI is InChI=1S/C28H29FN2O3/c29-24-14-12-21(13-15-24)19-27(32)31-17-6-9-23(20-31)28(33)30-16-18-34-26-11-5-4-10-25(26)22-7-2-1-3-8-22/h1-5,7-8,10-15,23H,6,9,16-20H2,(H,30,33)/t23-/m1/s1. The topological polar surface area (TPSA) is 58.6 Å². The van der Waals surface area contributed by atoms with Gasteiger partial charge in [0.1, 0.15) is 18.2 Å². The number of piperidine rings is 1. The molecule has 0 radical (unpaired) electrons. The molecular weight excluding hydrogens is 431 g/mol. The Bertz CT molecular complexity index is 1100. The molecule has 2 amide bonds. The van der Waals surface area contributed by atoms with E-state index in [-0.39, 0.29) is 30.0 Å². The lowest BCUT2D eigenvalue weighted by Gasteiger charge is -2.32. The van der Waals surface area contributed by atoms with Crippen molar-refractivity contribution in [2.45, 2.75) is 19.3 Å². The van der Waals surface area contributed by atoms with Crippen molar-refractivity contribution in [3.05, 3.63) is 90.2 Å². The summed E-state index contributed by atoms with van der Waals surface area (Å²) in [6, 6.07) is 23.8. The van der Waals surface area contributed by atoms with Gasteiger partial charge in [-0.2, -0.15) is 0 Å². The molecule has 5 nitrogen and oxygen atoms in total. The number of benzene rings is 3. The van der Waals surface area contributed by atoms with Gasteiger partial charge in [-0.15, -0.1) is 0 Å². The number of hydrogen-bond acceptors (Lipinski definition) is 3. The average molecular weight is 461 g/mol. The molecule has 1 aliphatic rings. The minimum atomic E-state index is -0.321. The van der Waals surface area contributed by atoms with Crippen LogP contribution in [-0.4, -0.2) is 43.0 Å². The van der Waals surface area contributed by atoms with E-state index in [1.54, 1.807) is 17.0 Å². The van der Waals surface area contributed by atoms with Gasteiger partial charge in [-0.1, -0.05) is 60.7 Å². The van der Waals surface area contributed by atoms with Gasteiger partial charge in [0.05, 0.1) is 18.9 Å². The first-order valence-corrected chi connectivity index (χ1v) is 11.7. The summed E-state index contributed by atoms with van der Waals surface area (Å²) in [5.74, 6) is 0.128. The monoisotopic (exact) mass is 460 g/mol. The zero-order valence-corrected chi connectivity index (χ0v) is 19.1. The maximum Gasteiger partial charge on any atom is 0.227 e. The van der Waals surface area contributed by atoms with Crippen LogP contribution in [0.3, 0.4) is 0 Å². The van der Waals surface area contributed by atoms with Crippen molar-refractivity contribution in [1.29, 1.82) is 0 Å². The zero-order chi connectivity index (χ0) is 23.8. The van der Waals surface area contributed by atoms with Gasteiger partial charge >= 0.3 is 0 Å². The molecule has 0 spiro atoms. The number of carbonyl (C=O) groups is 2. The summed E-state index contributed by atoms with van der Waals surface area (Å²) < 4.78 is 19.0. The highest BCUT2D eigenvalue weighted by Gasteiger charge is 2.28. The Balaban J connectivity index is 1.24. The molecule has 1 fully saturated rings. The Morgan fingerprint density at radius 3 is 2.50 bits per heavy atom. The summed E-state index contributed by atoms with van der Waals surface area (Å²) >= 11 is 0. The first kappa shape index (κ1) is 23.5. The molecule has 0 unspecified atom stereocenters. The minimum absolute atomic E-state index is 0.0371. The third-order valence-electron chi connectivity index (χ3n) is 6.04. The fourth-order valence-corrected chi connectivity index (χ4v) is 4.23. The van der Waals surface area contributed by atoms with Crippen LogP contribution in [0.4, 0.5) is 4.39 Å². The third-order valence-corrected chi connectivity index (χ3v) is 6.04. The number of rotatable bonds is 8. The zero-order valence-electron chi connectivity index (χ0n) is 19.1. The van der Waals surface area contributed by atoms with E-state index in [1.807, 2.05) is 54.6 Å². The number of hydrogen-bond donors (Lipinski definition) is 1. The Hall–Kier alpha value is -3.67. The maximum atomic E-state index is 13.1. The Morgan fingerprint density at radius 2 is 1.71 bits per heavy atom. The van der Waals surface area contributed by atoms with Crippen LogP contribution in [0.15, 0.2) is 78.9 Å². The quantitative estimate of drug-likeness (QED) is 0.505. The van der Waals surface area contributed by atoms with Crippen LogP contribution < -0.4 is 10.1 Å². The SMILES string of the molecule is O=C(NCCOc1ccccc1-c1ccccc1)[C@@H]1CCCN(C(=O)Cc2ccc(F)cc2)C1. The van der Waals surface area contributed by atoms with Crippen molar-refractivity contribution in [2.75, 3.05) is 26.2 Å². The van der Waals surface area contributed by atoms with Gasteiger partial charge in [0.2, 0.25) is 11.8 Å². The number of nitrogens with zero attached hydrogens (tertiary/aromatic N) is 1. The summed E-state index contributed by atoms with van der Waals surface area (Å²) in [4.78, 5) is 27.1. The van der Waals surface area contributed by atoms with Crippen LogP contribution in [0.25, 0.3) is 11.1 Å². The number of halogens is 1. The summed E-state index contributed by atoms with van der Waals surface area (Å²) in [5.41, 5.74) is 2.86. The van der Waals surface area contributed by atoms with E-state index in [4.69, 9.17) is 4.74 Å². The molecule has 0 aliphatic carbocycles. The van der Waals surface area contributed by atoms with Gasteiger partial charge in [-0.05, 0) is 42.2 Å². The third kappa shape index (κ3) is 6.22. The van der Waals surface area contributed by atoms with Crippen LogP contribution in [0, 0.1) is 11.7 Å². The first-order chi connectivity index (χ1) is 16.6. The molecule has 1 aliphatic heterocycles. The number of para-hydroxylation sites is 1. The molecule has 6 heteroatoms. The second-order valence-electron chi connectivity index (χ2n) is 8.48.